The molecule has 1 fully saturated rings. The highest BCUT2D eigenvalue weighted by Crippen LogP contribution is 2.26. The van der Waals surface area contributed by atoms with Crippen LogP contribution in [0.4, 0.5) is 5.00 Å². The fourth-order valence-corrected chi connectivity index (χ4v) is 2.61. The molecule has 1 unspecified atom stereocenters. The number of likely N-dealkylation sites (N-methyl/N-ethyl adjacent to an activating group) is 1. The molecular formula is C11H12N4O2S. The van der Waals surface area contributed by atoms with E-state index in [1.165, 1.54) is 7.05 Å². The van der Waals surface area contributed by atoms with Gasteiger partial charge < -0.3 is 5.32 Å². The Hall–Kier alpha value is -1.94. The Morgan fingerprint density at radius 3 is 2.94 bits per heavy atom. The molecule has 1 aliphatic rings. The molecule has 1 N–H and O–H groups in total. The van der Waals surface area contributed by atoms with Crippen molar-refractivity contribution in [3.8, 4) is 6.07 Å². The second-order valence-electron chi connectivity index (χ2n) is 4.11. The Morgan fingerprint density at radius 2 is 2.28 bits per heavy atom. The molecule has 1 aromatic heterocycles. The number of hydrogen-bond donors (Lipinski definition) is 1. The number of carbonyl (C=O) groups excluding carboxylic acids is 2. The molecule has 2 rings (SSSR count). The summed E-state index contributed by atoms with van der Waals surface area (Å²) in [5, 5.41) is 12.6. The maximum absolute atomic E-state index is 11.9. The van der Waals surface area contributed by atoms with Crippen molar-refractivity contribution in [3.05, 3.63) is 11.3 Å². The predicted octanol–water partition coefficient (Wildman–Crippen LogP) is 0.883. The summed E-state index contributed by atoms with van der Waals surface area (Å²) in [7, 11) is 1.47. The lowest BCUT2D eigenvalue weighted by Crippen LogP contribution is -2.48. The van der Waals surface area contributed by atoms with Crippen molar-refractivity contribution in [2.75, 3.05) is 12.4 Å². The first-order chi connectivity index (χ1) is 8.54. The number of aryl methyl sites for hydroxylation is 1. The van der Waals surface area contributed by atoms with Gasteiger partial charge in [0, 0.05) is 13.5 Å². The second kappa shape index (κ2) is 4.74. The lowest BCUT2D eigenvalue weighted by atomic mass is 10.0. The van der Waals surface area contributed by atoms with Crippen LogP contribution in [0.1, 0.15) is 24.1 Å². The average Bonchev–Trinajstić information content (AvgIpc) is 2.70. The van der Waals surface area contributed by atoms with E-state index in [-0.39, 0.29) is 11.8 Å². The Kier molecular flexibility index (Phi) is 3.30. The van der Waals surface area contributed by atoms with Gasteiger partial charge in [0.2, 0.25) is 5.91 Å². The number of aromatic nitrogens is 1. The summed E-state index contributed by atoms with van der Waals surface area (Å²) in [5.41, 5.74) is 1.12. The number of piperidine rings is 1. The van der Waals surface area contributed by atoms with Gasteiger partial charge in [-0.05, 0) is 24.9 Å². The molecule has 0 saturated carbocycles. The van der Waals surface area contributed by atoms with Crippen LogP contribution in [0.25, 0.3) is 0 Å². The Morgan fingerprint density at radius 1 is 1.56 bits per heavy atom. The minimum absolute atomic E-state index is 0.168. The van der Waals surface area contributed by atoms with E-state index >= 15 is 0 Å². The number of likely N-dealkylation sites (tertiary alicyclic amines) is 1. The average molecular weight is 264 g/mol. The molecule has 1 saturated heterocycles. The van der Waals surface area contributed by atoms with E-state index in [0.717, 1.165) is 16.4 Å². The molecule has 1 aliphatic heterocycles. The SMILES string of the molecule is Cc1nsc(NC2CCC(=O)N(C)C2=O)c1C#N. The Bertz CT molecular complexity index is 546. The topological polar surface area (TPSA) is 86.1 Å². The lowest BCUT2D eigenvalue weighted by Gasteiger charge is -2.28. The largest absolute Gasteiger partial charge is 0.363 e. The maximum Gasteiger partial charge on any atom is 0.251 e. The van der Waals surface area contributed by atoms with Crippen LogP contribution in [0.2, 0.25) is 0 Å². The monoisotopic (exact) mass is 264 g/mol. The van der Waals surface area contributed by atoms with E-state index in [1.54, 1.807) is 6.92 Å². The van der Waals surface area contributed by atoms with Crippen LogP contribution in [0.3, 0.4) is 0 Å². The number of nitrogens with one attached hydrogen (secondary N) is 1. The van der Waals surface area contributed by atoms with Crippen molar-refractivity contribution in [2.45, 2.75) is 25.8 Å². The predicted molar refractivity (Wildman–Crippen MR) is 66.0 cm³/mol. The van der Waals surface area contributed by atoms with Crippen LogP contribution in [-0.2, 0) is 9.59 Å². The van der Waals surface area contributed by atoms with Gasteiger partial charge >= 0.3 is 0 Å². The zero-order valence-electron chi connectivity index (χ0n) is 10.1. The Labute approximate surface area is 108 Å². The standard InChI is InChI=1S/C11H12N4O2S/c1-6-7(5-12)10(18-14-6)13-8-3-4-9(16)15(2)11(8)17/h8,13H,3-4H2,1-2H3. The first-order valence-corrected chi connectivity index (χ1v) is 6.25. The molecule has 2 amide bonds. The quantitative estimate of drug-likeness (QED) is 0.801. The fraction of sp³-hybridized carbons (Fsp3) is 0.455. The van der Waals surface area contributed by atoms with Gasteiger partial charge in [0.15, 0.2) is 0 Å². The van der Waals surface area contributed by atoms with Gasteiger partial charge in [-0.25, -0.2) is 0 Å². The molecule has 1 atom stereocenters. The Balaban J connectivity index is 2.17. The minimum atomic E-state index is -0.459. The molecule has 6 nitrogen and oxygen atoms in total. The first kappa shape index (κ1) is 12.5. The molecule has 0 aromatic carbocycles. The van der Waals surface area contributed by atoms with Crippen LogP contribution in [0.5, 0.6) is 0 Å². The van der Waals surface area contributed by atoms with Crippen molar-refractivity contribution < 1.29 is 9.59 Å². The third-order valence-electron chi connectivity index (χ3n) is 2.93. The van der Waals surface area contributed by atoms with Crippen molar-refractivity contribution in [1.29, 1.82) is 5.26 Å². The van der Waals surface area contributed by atoms with Crippen LogP contribution >= 0.6 is 11.5 Å². The number of rotatable bonds is 2. The summed E-state index contributed by atoms with van der Waals surface area (Å²) < 4.78 is 4.08. The summed E-state index contributed by atoms with van der Waals surface area (Å²) in [6, 6.07) is 1.60. The van der Waals surface area contributed by atoms with Gasteiger partial charge in [-0.1, -0.05) is 0 Å². The smallest absolute Gasteiger partial charge is 0.251 e. The number of carbonyl (C=O) groups is 2. The number of nitrogens with zero attached hydrogens (tertiary/aromatic N) is 3. The van der Waals surface area contributed by atoms with Crippen LogP contribution in [0, 0.1) is 18.3 Å². The normalized spacial score (nSPS) is 19.8. The van der Waals surface area contributed by atoms with Crippen LogP contribution < -0.4 is 5.32 Å². The number of anilines is 1. The van der Waals surface area contributed by atoms with Gasteiger partial charge in [0.05, 0.1) is 5.69 Å². The summed E-state index contributed by atoms with van der Waals surface area (Å²) >= 11 is 1.16. The van der Waals surface area contributed by atoms with Crippen molar-refractivity contribution in [2.24, 2.45) is 0 Å². The van der Waals surface area contributed by atoms with Crippen LogP contribution in [-0.4, -0.2) is 34.2 Å². The van der Waals surface area contributed by atoms with Gasteiger partial charge in [0.1, 0.15) is 22.7 Å². The third-order valence-corrected chi connectivity index (χ3v) is 3.80. The van der Waals surface area contributed by atoms with Gasteiger partial charge in [-0.2, -0.15) is 9.64 Å². The van der Waals surface area contributed by atoms with Gasteiger partial charge in [0.25, 0.3) is 5.91 Å². The molecule has 0 bridgehead atoms. The number of nitriles is 1. The second-order valence-corrected chi connectivity index (χ2v) is 4.88. The van der Waals surface area contributed by atoms with E-state index < -0.39 is 6.04 Å². The molecule has 7 heteroatoms. The highest BCUT2D eigenvalue weighted by molar-refractivity contribution is 7.10. The summed E-state index contributed by atoms with van der Waals surface area (Å²) in [6.07, 6.45) is 0.781. The summed E-state index contributed by atoms with van der Waals surface area (Å²) in [6.45, 7) is 1.75. The van der Waals surface area contributed by atoms with E-state index in [0.29, 0.717) is 29.1 Å². The molecule has 0 spiro atoms. The molecule has 1 aromatic rings. The van der Waals surface area contributed by atoms with E-state index in [9.17, 15) is 9.59 Å². The van der Waals surface area contributed by atoms with E-state index in [4.69, 9.17) is 5.26 Å². The fourth-order valence-electron chi connectivity index (χ4n) is 1.81. The number of amides is 2. The zero-order chi connectivity index (χ0) is 13.3. The molecule has 2 heterocycles. The van der Waals surface area contributed by atoms with E-state index in [2.05, 4.69) is 15.8 Å². The number of hydrogen-bond acceptors (Lipinski definition) is 6. The molecule has 94 valence electrons. The lowest BCUT2D eigenvalue weighted by molar-refractivity contribution is -0.146. The van der Waals surface area contributed by atoms with Gasteiger partial charge in [-0.15, -0.1) is 0 Å². The molecule has 0 radical (unpaired) electrons. The highest BCUT2D eigenvalue weighted by atomic mass is 32.1. The van der Waals surface area contributed by atoms with Crippen molar-refractivity contribution in [1.82, 2.24) is 9.27 Å². The first-order valence-electron chi connectivity index (χ1n) is 5.48. The minimum Gasteiger partial charge on any atom is -0.363 e. The number of imide groups is 1. The molecule has 0 aliphatic carbocycles. The summed E-state index contributed by atoms with van der Waals surface area (Å²) in [5.74, 6) is -0.430. The highest BCUT2D eigenvalue weighted by Gasteiger charge is 2.32. The van der Waals surface area contributed by atoms with Gasteiger partial charge in [-0.3, -0.25) is 14.5 Å². The molecular weight excluding hydrogens is 252 g/mol. The maximum atomic E-state index is 11.9. The van der Waals surface area contributed by atoms with Crippen LogP contribution in [0.15, 0.2) is 0 Å². The van der Waals surface area contributed by atoms with Crippen molar-refractivity contribution in [3.63, 3.8) is 0 Å². The van der Waals surface area contributed by atoms with Crippen molar-refractivity contribution >= 4 is 28.3 Å². The molecule has 18 heavy (non-hydrogen) atoms. The third kappa shape index (κ3) is 2.07. The summed E-state index contributed by atoms with van der Waals surface area (Å²) in [4.78, 5) is 24.4. The zero-order valence-corrected chi connectivity index (χ0v) is 10.9. The van der Waals surface area contributed by atoms with E-state index in [1.807, 2.05) is 0 Å².